The van der Waals surface area contributed by atoms with Gasteiger partial charge >= 0.3 is 0 Å². The highest BCUT2D eigenvalue weighted by atomic mass is 15.2. The van der Waals surface area contributed by atoms with E-state index in [9.17, 15) is 0 Å². The number of aromatic nitrogens is 2. The fourth-order valence-electron chi connectivity index (χ4n) is 14.4. The largest absolute Gasteiger partial charge is 0.310 e. The highest BCUT2D eigenvalue weighted by Crippen LogP contribution is 2.54. The molecular weight excluding hydrogens is 894 g/mol. The van der Waals surface area contributed by atoms with Crippen LogP contribution in [0.15, 0.2) is 194 Å². The second-order valence-electron chi connectivity index (χ2n) is 23.6. The number of benzene rings is 11. The Morgan fingerprint density at radius 2 is 0.730 bits per heavy atom. The topological polar surface area (TPSA) is 13.1 Å². The maximum atomic E-state index is 2.69. The molecule has 74 heavy (non-hydrogen) atoms. The van der Waals surface area contributed by atoms with Gasteiger partial charge in [-0.3, -0.25) is 0 Å². The first-order chi connectivity index (χ1) is 36.0. The van der Waals surface area contributed by atoms with Crippen molar-refractivity contribution in [2.75, 3.05) is 4.90 Å². The first-order valence-electron chi connectivity index (χ1n) is 26.5. The Morgan fingerprint density at radius 1 is 0.338 bits per heavy atom. The highest BCUT2D eigenvalue weighted by molar-refractivity contribution is 7.00. The van der Waals surface area contributed by atoms with Crippen LogP contribution in [0.3, 0.4) is 0 Å². The SMILES string of the molecule is CC(C)(C)c1ccc(N(c2ccc(C(C)(C)C)cc2)c2cc3c4c(c2)-n2c5ccc6cccc7c6c5c5c(ccc(c52)B4c2ccc4c5c6c8c(cccc8ccc6n-3c25)-c2ccccc2-4)-c2ccccc2-7)cc1. The van der Waals surface area contributed by atoms with Crippen LogP contribution in [0.4, 0.5) is 17.1 Å². The normalized spacial score (nSPS) is 13.5. The van der Waals surface area contributed by atoms with E-state index in [1.807, 2.05) is 0 Å². The molecule has 2 aliphatic carbocycles. The molecule has 3 nitrogen and oxygen atoms in total. The van der Waals surface area contributed by atoms with Crippen molar-refractivity contribution < 1.29 is 0 Å². The smallest absolute Gasteiger partial charge is 0.252 e. The molecule has 0 fully saturated rings. The molecule has 0 unspecified atom stereocenters. The second-order valence-corrected chi connectivity index (χ2v) is 23.6. The molecule has 4 aliphatic rings. The molecule has 13 aromatic rings. The Kier molecular flexibility index (Phi) is 7.59. The van der Waals surface area contributed by atoms with Gasteiger partial charge in [0.05, 0.1) is 27.8 Å². The summed E-state index contributed by atoms with van der Waals surface area (Å²) in [7, 11) is 0. The summed E-state index contributed by atoms with van der Waals surface area (Å²) in [6, 6.07) is 75.3. The van der Waals surface area contributed by atoms with Gasteiger partial charge in [-0.2, -0.15) is 0 Å². The fraction of sp³-hybridized carbons (Fsp3) is 0.114. The van der Waals surface area contributed by atoms with Gasteiger partial charge in [0.1, 0.15) is 0 Å². The van der Waals surface area contributed by atoms with Crippen molar-refractivity contribution in [1.29, 1.82) is 0 Å². The molecule has 4 heteroatoms. The van der Waals surface area contributed by atoms with Crippen molar-refractivity contribution in [2.24, 2.45) is 0 Å². The molecular formula is C70H50BN3. The van der Waals surface area contributed by atoms with E-state index in [1.165, 1.54) is 149 Å². The first kappa shape index (κ1) is 40.9. The van der Waals surface area contributed by atoms with Crippen LogP contribution in [0, 0.1) is 0 Å². The lowest BCUT2D eigenvalue weighted by Gasteiger charge is -2.36. The standard InChI is InChI=1S/C70H50BN3/c1-69(2,3)41-23-27-43(28-24-41)72(44-29-25-42(26-30-44)70(4,5)6)45-37-58-66-59(38-45)74-57-36-22-40-14-12-20-51-47-16-8-10-18-49(47)53-32-34-55(68(74)63(53)65(57)61(40)51)71(66)54-33-31-52-48-17-9-7-15-46(48)50-19-11-13-39-21-35-56-64(60(39)50)62(52)67(54)73(56)58/h7-38H,1-6H3. The van der Waals surface area contributed by atoms with Gasteiger partial charge < -0.3 is 14.0 Å². The van der Waals surface area contributed by atoms with Gasteiger partial charge in [0, 0.05) is 44.3 Å². The van der Waals surface area contributed by atoms with Gasteiger partial charge in [0.15, 0.2) is 0 Å². The molecule has 0 saturated carbocycles. The van der Waals surface area contributed by atoms with Crippen LogP contribution >= 0.6 is 0 Å². The summed E-state index contributed by atoms with van der Waals surface area (Å²) in [6.07, 6.45) is 0. The van der Waals surface area contributed by atoms with Gasteiger partial charge in [-0.1, -0.05) is 187 Å². The van der Waals surface area contributed by atoms with Gasteiger partial charge in [-0.25, -0.2) is 0 Å². The molecule has 0 saturated heterocycles. The Bertz CT molecular complexity index is 4430. The molecule has 11 aromatic carbocycles. The van der Waals surface area contributed by atoms with E-state index >= 15 is 0 Å². The summed E-state index contributed by atoms with van der Waals surface area (Å²) < 4.78 is 5.37. The van der Waals surface area contributed by atoms with Crippen molar-refractivity contribution in [3.8, 4) is 55.9 Å². The molecule has 0 bridgehead atoms. The van der Waals surface area contributed by atoms with Crippen LogP contribution in [0.25, 0.3) is 121 Å². The van der Waals surface area contributed by atoms with E-state index in [0.717, 1.165) is 17.1 Å². The van der Waals surface area contributed by atoms with E-state index < -0.39 is 0 Å². The van der Waals surface area contributed by atoms with E-state index in [1.54, 1.807) is 0 Å². The second kappa shape index (κ2) is 13.7. The average Bonchev–Trinajstić information content (AvgIpc) is 3.89. The summed E-state index contributed by atoms with van der Waals surface area (Å²) in [4.78, 5) is 2.52. The van der Waals surface area contributed by atoms with E-state index in [4.69, 9.17) is 0 Å². The Morgan fingerprint density at radius 3 is 1.14 bits per heavy atom. The molecule has 0 amide bonds. The van der Waals surface area contributed by atoms with Crippen molar-refractivity contribution in [2.45, 2.75) is 52.4 Å². The molecule has 0 N–H and O–H groups in total. The molecule has 17 rings (SSSR count). The minimum Gasteiger partial charge on any atom is -0.310 e. The number of nitrogens with zero attached hydrogens (tertiary/aromatic N) is 3. The van der Waals surface area contributed by atoms with E-state index in [-0.39, 0.29) is 17.5 Å². The average molecular weight is 944 g/mol. The molecule has 2 aromatic heterocycles. The molecule has 2 aliphatic heterocycles. The van der Waals surface area contributed by atoms with Gasteiger partial charge in [0.2, 0.25) is 0 Å². The highest BCUT2D eigenvalue weighted by Gasteiger charge is 2.44. The zero-order valence-electron chi connectivity index (χ0n) is 42.4. The summed E-state index contributed by atoms with van der Waals surface area (Å²) in [6.45, 7) is 13.8. The van der Waals surface area contributed by atoms with Crippen molar-refractivity contribution >= 4 is 105 Å². The molecule has 348 valence electrons. The maximum Gasteiger partial charge on any atom is 0.252 e. The van der Waals surface area contributed by atoms with Crippen LogP contribution in [0.5, 0.6) is 0 Å². The maximum absolute atomic E-state index is 2.69. The molecule has 0 atom stereocenters. The summed E-state index contributed by atoms with van der Waals surface area (Å²) in [5.74, 6) is 0. The number of fused-ring (bicyclic) bond motifs is 12. The number of hydrogen-bond donors (Lipinski definition) is 0. The lowest BCUT2D eigenvalue weighted by atomic mass is 9.34. The van der Waals surface area contributed by atoms with Crippen molar-refractivity contribution in [3.63, 3.8) is 0 Å². The fourth-order valence-corrected chi connectivity index (χ4v) is 14.4. The van der Waals surface area contributed by atoms with Crippen LogP contribution < -0.4 is 21.3 Å². The number of anilines is 3. The van der Waals surface area contributed by atoms with Gasteiger partial charge in [-0.15, -0.1) is 0 Å². The third kappa shape index (κ3) is 5.04. The summed E-state index contributed by atoms with van der Waals surface area (Å²) >= 11 is 0. The summed E-state index contributed by atoms with van der Waals surface area (Å²) in [5, 5.41) is 10.6. The zero-order chi connectivity index (χ0) is 49.3. The van der Waals surface area contributed by atoms with E-state index in [0.29, 0.717) is 0 Å². The Hall–Kier alpha value is -8.60. The number of hydrogen-bond acceptors (Lipinski definition) is 1. The minimum absolute atomic E-state index is 0.0170. The lowest BCUT2D eigenvalue weighted by Crippen LogP contribution is -2.59. The molecule has 4 heterocycles. The lowest BCUT2D eigenvalue weighted by molar-refractivity contribution is 0.590. The zero-order valence-corrected chi connectivity index (χ0v) is 42.4. The predicted octanol–water partition coefficient (Wildman–Crippen LogP) is 16.7. The Labute approximate surface area is 430 Å². The van der Waals surface area contributed by atoms with Gasteiger partial charge in [0.25, 0.3) is 6.71 Å². The van der Waals surface area contributed by atoms with Gasteiger partial charge in [-0.05, 0) is 153 Å². The quantitative estimate of drug-likeness (QED) is 0.161. The van der Waals surface area contributed by atoms with Crippen LogP contribution in [-0.4, -0.2) is 15.8 Å². The summed E-state index contributed by atoms with van der Waals surface area (Å²) in [5.41, 5.74) is 28.2. The third-order valence-electron chi connectivity index (χ3n) is 17.7. The monoisotopic (exact) mass is 943 g/mol. The minimum atomic E-state index is -0.0233. The molecule has 0 radical (unpaired) electrons. The molecule has 0 spiro atoms. The van der Waals surface area contributed by atoms with Crippen molar-refractivity contribution in [3.05, 3.63) is 205 Å². The van der Waals surface area contributed by atoms with Crippen molar-refractivity contribution in [1.82, 2.24) is 9.13 Å². The van der Waals surface area contributed by atoms with E-state index in [2.05, 4.69) is 250 Å². The third-order valence-corrected chi connectivity index (χ3v) is 17.7. The predicted molar refractivity (Wildman–Crippen MR) is 316 cm³/mol. The Balaban J connectivity index is 1.07. The number of rotatable bonds is 3. The van der Waals surface area contributed by atoms with Crippen LogP contribution in [-0.2, 0) is 10.8 Å². The van der Waals surface area contributed by atoms with Crippen LogP contribution in [0.1, 0.15) is 52.7 Å². The first-order valence-corrected chi connectivity index (χ1v) is 26.5. The van der Waals surface area contributed by atoms with Crippen LogP contribution in [0.2, 0.25) is 0 Å².